The first-order valence-electron chi connectivity index (χ1n) is 4.78. The van der Waals surface area contributed by atoms with Gasteiger partial charge in [-0.2, -0.15) is 10.2 Å². The molecule has 86 valence electrons. The smallest absolute Gasteiger partial charge is 0.234 e. The maximum absolute atomic E-state index is 13.4. The van der Waals surface area contributed by atoms with Gasteiger partial charge in [0, 0.05) is 6.54 Å². The van der Waals surface area contributed by atoms with Crippen LogP contribution < -0.4 is 10.9 Å². The molecule has 1 rings (SSSR count). The molecule has 0 amide bonds. The number of hydrogen-bond donors (Lipinski definition) is 1. The molecule has 1 aromatic rings. The predicted molar refractivity (Wildman–Crippen MR) is 57.7 cm³/mol. The molecule has 0 aromatic carbocycles. The monoisotopic (exact) mass is 223 g/mol. The quantitative estimate of drug-likeness (QED) is 0.602. The molecule has 2 N–H and O–H groups in total. The third-order valence-corrected chi connectivity index (χ3v) is 1.74. The topological polar surface area (TPSA) is 78.8 Å². The number of rotatable bonds is 2. The number of hydrazine groups is 1. The zero-order valence-corrected chi connectivity index (χ0v) is 9.53. The Morgan fingerprint density at radius 1 is 1.56 bits per heavy atom. The first-order chi connectivity index (χ1) is 7.33. The van der Waals surface area contributed by atoms with Crippen LogP contribution in [0.5, 0.6) is 0 Å². The molecule has 0 aliphatic heterocycles. The highest BCUT2D eigenvalue weighted by molar-refractivity contribution is 5.38. The van der Waals surface area contributed by atoms with Crippen molar-refractivity contribution in [3.63, 3.8) is 0 Å². The van der Waals surface area contributed by atoms with E-state index in [4.69, 9.17) is 11.1 Å². The summed E-state index contributed by atoms with van der Waals surface area (Å²) in [5, 5.41) is 9.80. The van der Waals surface area contributed by atoms with E-state index < -0.39 is 5.82 Å². The Hall–Kier alpha value is -1.74. The molecule has 0 spiro atoms. The lowest BCUT2D eigenvalue weighted by Crippen LogP contribution is -2.39. The second kappa shape index (κ2) is 4.41. The molecule has 0 saturated heterocycles. The summed E-state index contributed by atoms with van der Waals surface area (Å²) in [7, 11) is 0. The van der Waals surface area contributed by atoms with Crippen molar-refractivity contribution in [2.24, 2.45) is 11.3 Å². The molecule has 0 fully saturated rings. The Labute approximate surface area is 93.7 Å². The maximum Gasteiger partial charge on any atom is 0.234 e. The van der Waals surface area contributed by atoms with E-state index in [1.165, 1.54) is 5.01 Å². The van der Waals surface area contributed by atoms with Crippen LogP contribution in [0.2, 0.25) is 0 Å². The maximum atomic E-state index is 13.4. The van der Waals surface area contributed by atoms with Gasteiger partial charge in [0.1, 0.15) is 6.07 Å². The summed E-state index contributed by atoms with van der Waals surface area (Å²) in [6.07, 6.45) is 0.948. The van der Waals surface area contributed by atoms with Gasteiger partial charge in [-0.05, 0) is 5.41 Å². The molecule has 1 heterocycles. The molecule has 5 nitrogen and oxygen atoms in total. The number of nitrogens with zero attached hydrogens (tertiary/aromatic N) is 4. The summed E-state index contributed by atoms with van der Waals surface area (Å²) in [4.78, 5) is 7.24. The number of hydrogen-bond acceptors (Lipinski definition) is 5. The zero-order chi connectivity index (χ0) is 12.3. The van der Waals surface area contributed by atoms with Crippen molar-refractivity contribution < 1.29 is 4.39 Å². The average molecular weight is 223 g/mol. The minimum atomic E-state index is -0.634. The molecular weight excluding hydrogens is 209 g/mol. The van der Waals surface area contributed by atoms with Crippen LogP contribution in [0.25, 0.3) is 0 Å². The van der Waals surface area contributed by atoms with Crippen LogP contribution >= 0.6 is 0 Å². The third-order valence-electron chi connectivity index (χ3n) is 1.74. The lowest BCUT2D eigenvalue weighted by atomic mass is 9.97. The Kier molecular flexibility index (Phi) is 3.40. The molecule has 0 aliphatic carbocycles. The fraction of sp³-hybridized carbons (Fsp3) is 0.500. The van der Waals surface area contributed by atoms with Crippen LogP contribution in [0.1, 0.15) is 26.6 Å². The highest BCUT2D eigenvalue weighted by atomic mass is 19.1. The largest absolute Gasteiger partial charge is 0.292 e. The van der Waals surface area contributed by atoms with Crippen LogP contribution in [0.4, 0.5) is 10.2 Å². The Morgan fingerprint density at radius 3 is 2.69 bits per heavy atom. The highest BCUT2D eigenvalue weighted by Gasteiger charge is 2.18. The van der Waals surface area contributed by atoms with E-state index in [1.54, 1.807) is 6.07 Å². The summed E-state index contributed by atoms with van der Waals surface area (Å²) in [5.74, 6) is 4.91. The summed E-state index contributed by atoms with van der Waals surface area (Å²) in [5.41, 5.74) is -0.0983. The number of aromatic nitrogens is 2. The first kappa shape index (κ1) is 12.3. The van der Waals surface area contributed by atoms with Crippen molar-refractivity contribution >= 4 is 5.82 Å². The fourth-order valence-corrected chi connectivity index (χ4v) is 1.20. The molecular formula is C10H14FN5. The van der Waals surface area contributed by atoms with Crippen molar-refractivity contribution in [2.45, 2.75) is 20.8 Å². The second-order valence-electron chi connectivity index (χ2n) is 4.67. The Bertz CT molecular complexity index is 418. The minimum Gasteiger partial charge on any atom is -0.292 e. The summed E-state index contributed by atoms with van der Waals surface area (Å²) >= 11 is 0. The Balaban J connectivity index is 2.99. The third kappa shape index (κ3) is 3.14. The molecule has 0 bridgehead atoms. The second-order valence-corrected chi connectivity index (χ2v) is 4.67. The van der Waals surface area contributed by atoms with E-state index in [-0.39, 0.29) is 17.1 Å². The van der Waals surface area contributed by atoms with Crippen LogP contribution in [-0.4, -0.2) is 16.5 Å². The number of nitriles is 1. The summed E-state index contributed by atoms with van der Waals surface area (Å²) in [6.45, 7) is 6.33. The highest BCUT2D eigenvalue weighted by Crippen LogP contribution is 2.19. The van der Waals surface area contributed by atoms with Crippen LogP contribution in [0.3, 0.4) is 0 Å². The van der Waals surface area contributed by atoms with Gasteiger partial charge >= 0.3 is 0 Å². The van der Waals surface area contributed by atoms with Crippen molar-refractivity contribution in [3.05, 3.63) is 17.8 Å². The van der Waals surface area contributed by atoms with Gasteiger partial charge in [-0.25, -0.2) is 15.2 Å². The molecule has 0 aliphatic rings. The molecule has 0 radical (unpaired) electrons. The molecule has 6 heteroatoms. The standard InChI is InChI=1S/C10H14FN5/c1-10(2,3)6-16(13)9-7(11)5-14-8(4-12)15-9/h5H,6,13H2,1-3H3. The van der Waals surface area contributed by atoms with Crippen LogP contribution in [-0.2, 0) is 0 Å². The van der Waals surface area contributed by atoms with E-state index >= 15 is 0 Å². The fourth-order valence-electron chi connectivity index (χ4n) is 1.20. The van der Waals surface area contributed by atoms with E-state index in [1.807, 2.05) is 20.8 Å². The Morgan fingerprint density at radius 2 is 2.19 bits per heavy atom. The number of nitrogens with two attached hydrogens (primary N) is 1. The molecule has 16 heavy (non-hydrogen) atoms. The molecule has 0 saturated carbocycles. The van der Waals surface area contributed by atoms with E-state index in [2.05, 4.69) is 9.97 Å². The lowest BCUT2D eigenvalue weighted by molar-refractivity contribution is 0.408. The van der Waals surface area contributed by atoms with Crippen molar-refractivity contribution in [3.8, 4) is 6.07 Å². The number of anilines is 1. The van der Waals surface area contributed by atoms with Gasteiger partial charge in [0.15, 0.2) is 11.6 Å². The van der Waals surface area contributed by atoms with Gasteiger partial charge in [0.25, 0.3) is 0 Å². The van der Waals surface area contributed by atoms with Crippen LogP contribution in [0.15, 0.2) is 6.20 Å². The summed E-state index contributed by atoms with van der Waals surface area (Å²) in [6, 6.07) is 1.74. The van der Waals surface area contributed by atoms with Gasteiger partial charge < -0.3 is 0 Å². The lowest BCUT2D eigenvalue weighted by Gasteiger charge is -2.26. The van der Waals surface area contributed by atoms with E-state index in [9.17, 15) is 4.39 Å². The van der Waals surface area contributed by atoms with Gasteiger partial charge in [-0.1, -0.05) is 20.8 Å². The van der Waals surface area contributed by atoms with Crippen molar-refractivity contribution in [2.75, 3.05) is 11.6 Å². The molecule has 1 aromatic heterocycles. The summed E-state index contributed by atoms with van der Waals surface area (Å²) < 4.78 is 13.4. The minimum absolute atomic E-state index is 0.0542. The first-order valence-corrected chi connectivity index (χ1v) is 4.78. The van der Waals surface area contributed by atoms with Crippen molar-refractivity contribution in [1.82, 2.24) is 9.97 Å². The average Bonchev–Trinajstić information content (AvgIpc) is 2.15. The molecule has 0 unspecified atom stereocenters. The SMILES string of the molecule is CC(C)(C)CN(N)c1nc(C#N)ncc1F. The predicted octanol–water partition coefficient (Wildman–Crippen LogP) is 1.21. The number of halogens is 1. The van der Waals surface area contributed by atoms with Crippen molar-refractivity contribution in [1.29, 1.82) is 5.26 Å². The van der Waals surface area contributed by atoms with Gasteiger partial charge in [-0.3, -0.25) is 5.01 Å². The van der Waals surface area contributed by atoms with Gasteiger partial charge in [0.2, 0.25) is 5.82 Å². The normalized spacial score (nSPS) is 11.0. The molecule has 0 atom stereocenters. The van der Waals surface area contributed by atoms with E-state index in [0.717, 1.165) is 6.20 Å². The van der Waals surface area contributed by atoms with E-state index in [0.29, 0.717) is 6.54 Å². The van der Waals surface area contributed by atoms with Gasteiger partial charge in [-0.15, -0.1) is 0 Å². The van der Waals surface area contributed by atoms with Crippen LogP contribution in [0, 0.1) is 22.6 Å². The van der Waals surface area contributed by atoms with Gasteiger partial charge in [0.05, 0.1) is 6.20 Å². The zero-order valence-electron chi connectivity index (χ0n) is 9.53.